The van der Waals surface area contributed by atoms with Crippen LogP contribution in [0.15, 0.2) is 60.1 Å². The number of benzene rings is 2. The maximum absolute atomic E-state index is 2.30. The topological polar surface area (TPSA) is 0 Å². The van der Waals surface area contributed by atoms with Crippen molar-refractivity contribution >= 4 is 23.6 Å². The Morgan fingerprint density at radius 2 is 1.72 bits per heavy atom. The molecule has 0 atom stereocenters. The van der Waals surface area contributed by atoms with E-state index in [9.17, 15) is 0 Å². The highest BCUT2D eigenvalue weighted by molar-refractivity contribution is 6.43. The van der Waals surface area contributed by atoms with Crippen LogP contribution in [0.25, 0.3) is 16.3 Å². The molecule has 0 amide bonds. The van der Waals surface area contributed by atoms with Gasteiger partial charge in [0.25, 0.3) is 0 Å². The van der Waals surface area contributed by atoms with Crippen molar-refractivity contribution in [2.24, 2.45) is 0 Å². The molecule has 1 aliphatic carbocycles. The zero-order valence-electron chi connectivity index (χ0n) is 10.7. The Morgan fingerprint density at radius 1 is 0.889 bits per heavy atom. The largest absolute Gasteiger partial charge is 0.142 e. The maximum atomic E-state index is 2.30. The van der Waals surface area contributed by atoms with Gasteiger partial charge in [-0.05, 0) is 40.8 Å². The fourth-order valence-corrected chi connectivity index (χ4v) is 2.52. The highest BCUT2D eigenvalue weighted by atomic mass is 14.1. The molecule has 1 heteroatoms. The van der Waals surface area contributed by atoms with Gasteiger partial charge in [-0.15, -0.1) is 5.47 Å². The van der Waals surface area contributed by atoms with Gasteiger partial charge in [0, 0.05) is 0 Å². The Balaban J connectivity index is 2.00. The molecule has 0 N–H and O–H groups in total. The quantitative estimate of drug-likeness (QED) is 0.659. The minimum absolute atomic E-state index is 1.15. The minimum Gasteiger partial charge on any atom is -0.109 e. The van der Waals surface area contributed by atoms with E-state index in [-0.39, 0.29) is 0 Å². The SMILES string of the molecule is C[B]C1=CC=C(c2ccc3ccccc3c2)CC1. The fraction of sp³-hybridized carbons (Fsp3) is 0.176. The number of fused-ring (bicyclic) bond motifs is 1. The third kappa shape index (κ3) is 2.13. The molecule has 0 saturated carbocycles. The molecule has 1 radical (unpaired) electrons. The number of hydrogen-bond acceptors (Lipinski definition) is 0. The lowest BCUT2D eigenvalue weighted by atomic mass is 9.68. The van der Waals surface area contributed by atoms with E-state index in [4.69, 9.17) is 0 Å². The molecule has 87 valence electrons. The van der Waals surface area contributed by atoms with Crippen molar-refractivity contribution in [3.05, 3.63) is 65.7 Å². The summed E-state index contributed by atoms with van der Waals surface area (Å²) < 4.78 is 0. The van der Waals surface area contributed by atoms with Crippen LogP contribution >= 0.6 is 0 Å². The van der Waals surface area contributed by atoms with E-state index in [1.54, 1.807) is 0 Å². The van der Waals surface area contributed by atoms with Crippen LogP contribution in [0.1, 0.15) is 18.4 Å². The summed E-state index contributed by atoms with van der Waals surface area (Å²) in [5, 5.41) is 2.64. The highest BCUT2D eigenvalue weighted by Crippen LogP contribution is 2.28. The lowest BCUT2D eigenvalue weighted by molar-refractivity contribution is 1.03. The van der Waals surface area contributed by atoms with Crippen molar-refractivity contribution in [1.29, 1.82) is 0 Å². The van der Waals surface area contributed by atoms with Gasteiger partial charge < -0.3 is 0 Å². The van der Waals surface area contributed by atoms with E-state index < -0.39 is 0 Å². The minimum atomic E-state index is 1.15. The highest BCUT2D eigenvalue weighted by Gasteiger charge is 2.07. The zero-order valence-corrected chi connectivity index (χ0v) is 10.7. The Kier molecular flexibility index (Phi) is 3.06. The molecule has 0 heterocycles. The fourth-order valence-electron chi connectivity index (χ4n) is 2.52. The summed E-state index contributed by atoms with van der Waals surface area (Å²) in [6, 6.07) is 15.3. The third-order valence-electron chi connectivity index (χ3n) is 3.67. The number of rotatable bonds is 2. The van der Waals surface area contributed by atoms with E-state index >= 15 is 0 Å². The molecule has 2 aromatic carbocycles. The van der Waals surface area contributed by atoms with Crippen molar-refractivity contribution < 1.29 is 0 Å². The summed E-state index contributed by atoms with van der Waals surface area (Å²) in [6.07, 6.45) is 6.82. The Labute approximate surface area is 109 Å². The molecule has 0 spiro atoms. The average Bonchev–Trinajstić information content (AvgIpc) is 2.47. The summed E-state index contributed by atoms with van der Waals surface area (Å²) >= 11 is 0. The summed E-state index contributed by atoms with van der Waals surface area (Å²) in [7, 11) is 2.20. The van der Waals surface area contributed by atoms with Crippen molar-refractivity contribution in [3.63, 3.8) is 0 Å². The van der Waals surface area contributed by atoms with Gasteiger partial charge in [0.05, 0.1) is 0 Å². The maximum Gasteiger partial charge on any atom is 0.142 e. The molecule has 0 aliphatic heterocycles. The van der Waals surface area contributed by atoms with E-state index in [0.29, 0.717) is 0 Å². The summed E-state index contributed by atoms with van der Waals surface area (Å²) in [4.78, 5) is 0. The number of hydrogen-bond donors (Lipinski definition) is 0. The molecule has 1 aliphatic rings. The van der Waals surface area contributed by atoms with Gasteiger partial charge in [0.2, 0.25) is 0 Å². The lowest BCUT2D eigenvalue weighted by Crippen LogP contribution is -1.97. The molecule has 0 fully saturated rings. The monoisotopic (exact) mass is 231 g/mol. The van der Waals surface area contributed by atoms with Crippen molar-refractivity contribution in [1.82, 2.24) is 0 Å². The molecule has 0 unspecified atom stereocenters. The van der Waals surface area contributed by atoms with E-state index in [0.717, 1.165) is 12.8 Å². The van der Waals surface area contributed by atoms with Gasteiger partial charge in [-0.2, -0.15) is 0 Å². The summed E-state index contributed by atoms with van der Waals surface area (Å²) in [6.45, 7) is 2.11. The molecule has 0 nitrogen and oxygen atoms in total. The molecule has 3 rings (SSSR count). The normalized spacial score (nSPS) is 15.2. The Bertz CT molecular complexity index is 635. The van der Waals surface area contributed by atoms with Crippen molar-refractivity contribution in [3.8, 4) is 0 Å². The molecule has 18 heavy (non-hydrogen) atoms. The smallest absolute Gasteiger partial charge is 0.109 e. The standard InChI is InChI=1S/C17H16B/c1-18-17-10-8-14(9-11-17)16-7-6-13-4-2-3-5-15(13)12-16/h2-8,10,12H,9,11H2,1H3. The van der Waals surface area contributed by atoms with Gasteiger partial charge in [-0.3, -0.25) is 0 Å². The second kappa shape index (κ2) is 4.85. The van der Waals surface area contributed by atoms with Crippen LogP contribution in [0.2, 0.25) is 6.82 Å². The van der Waals surface area contributed by atoms with Gasteiger partial charge >= 0.3 is 0 Å². The van der Waals surface area contributed by atoms with Crippen molar-refractivity contribution in [2.75, 3.05) is 0 Å². The van der Waals surface area contributed by atoms with Crippen LogP contribution in [-0.2, 0) is 0 Å². The third-order valence-corrected chi connectivity index (χ3v) is 3.67. The van der Waals surface area contributed by atoms with E-state index in [1.807, 2.05) is 0 Å². The first-order valence-electron chi connectivity index (χ1n) is 6.55. The van der Waals surface area contributed by atoms with Gasteiger partial charge in [0.15, 0.2) is 0 Å². The van der Waals surface area contributed by atoms with Crippen LogP contribution < -0.4 is 0 Å². The van der Waals surface area contributed by atoms with Crippen LogP contribution in [0.4, 0.5) is 0 Å². The van der Waals surface area contributed by atoms with Gasteiger partial charge in [-0.1, -0.05) is 55.4 Å². The number of allylic oxidation sites excluding steroid dienone is 4. The molecule has 2 aromatic rings. The van der Waals surface area contributed by atoms with E-state index in [2.05, 4.69) is 68.7 Å². The van der Waals surface area contributed by atoms with Gasteiger partial charge in [0.1, 0.15) is 7.28 Å². The summed E-state index contributed by atoms with van der Waals surface area (Å²) in [5.74, 6) is 0. The first kappa shape index (κ1) is 11.3. The average molecular weight is 231 g/mol. The first-order chi connectivity index (χ1) is 8.86. The Hall–Kier alpha value is -1.76. The molecule has 0 bridgehead atoms. The van der Waals surface area contributed by atoms with Crippen LogP contribution in [-0.4, -0.2) is 7.28 Å². The Morgan fingerprint density at radius 3 is 2.44 bits per heavy atom. The first-order valence-corrected chi connectivity index (χ1v) is 6.55. The molecule has 0 saturated heterocycles. The summed E-state index contributed by atoms with van der Waals surface area (Å²) in [5.41, 5.74) is 4.26. The van der Waals surface area contributed by atoms with Crippen LogP contribution in [0, 0.1) is 0 Å². The second-order valence-electron chi connectivity index (χ2n) is 4.78. The molecular weight excluding hydrogens is 215 g/mol. The van der Waals surface area contributed by atoms with Crippen LogP contribution in [0.5, 0.6) is 0 Å². The van der Waals surface area contributed by atoms with E-state index in [1.165, 1.54) is 27.4 Å². The predicted octanol–water partition coefficient (Wildman–Crippen LogP) is 4.65. The lowest BCUT2D eigenvalue weighted by Gasteiger charge is -2.14. The predicted molar refractivity (Wildman–Crippen MR) is 80.9 cm³/mol. The van der Waals surface area contributed by atoms with Crippen molar-refractivity contribution in [2.45, 2.75) is 19.7 Å². The van der Waals surface area contributed by atoms with Crippen LogP contribution in [0.3, 0.4) is 0 Å². The van der Waals surface area contributed by atoms with Gasteiger partial charge in [-0.25, -0.2) is 0 Å². The molecular formula is C17H16B. The molecule has 0 aromatic heterocycles. The second-order valence-corrected chi connectivity index (χ2v) is 4.78. The zero-order chi connectivity index (χ0) is 12.4.